The van der Waals surface area contributed by atoms with E-state index in [2.05, 4.69) is 9.71 Å². The Hall–Kier alpha value is -1.41. The lowest BCUT2D eigenvalue weighted by atomic mass is 10.6. The normalized spacial score (nSPS) is 11.5. The minimum Gasteiger partial charge on any atom is -0.480 e. The molecule has 0 bridgehead atoms. The van der Waals surface area contributed by atoms with Gasteiger partial charge in [0.25, 0.3) is 0 Å². The number of carbonyl (C=O) groups is 1. The lowest BCUT2D eigenvalue weighted by Gasteiger charge is -2.04. The Morgan fingerprint density at radius 1 is 1.53 bits per heavy atom. The number of sulfonamides is 1. The van der Waals surface area contributed by atoms with Crippen molar-refractivity contribution in [2.45, 2.75) is 6.54 Å². The van der Waals surface area contributed by atoms with Gasteiger partial charge in [0.1, 0.15) is 0 Å². The third-order valence-electron chi connectivity index (χ3n) is 1.56. The Bertz CT molecular complexity index is 411. The number of carboxylic acid groups (broad SMARTS) is 1. The summed E-state index contributed by atoms with van der Waals surface area (Å²) < 4.78 is 26.0. The number of aliphatic carboxylic acids is 1. The van der Waals surface area contributed by atoms with Crippen molar-refractivity contribution in [2.75, 3.05) is 12.3 Å². The third-order valence-corrected chi connectivity index (χ3v) is 2.84. The Kier molecular flexibility index (Phi) is 3.81. The molecule has 0 saturated heterocycles. The summed E-state index contributed by atoms with van der Waals surface area (Å²) in [7, 11) is -3.72. The molecule has 1 aromatic heterocycles. The highest BCUT2D eigenvalue weighted by Crippen LogP contribution is 1.87. The average molecular weight is 233 g/mol. The molecular weight excluding hydrogens is 222 g/mol. The van der Waals surface area contributed by atoms with Crippen LogP contribution in [-0.4, -0.2) is 41.3 Å². The van der Waals surface area contributed by atoms with Crippen molar-refractivity contribution in [1.29, 1.82) is 0 Å². The fourth-order valence-corrected chi connectivity index (χ4v) is 1.79. The first-order chi connectivity index (χ1) is 6.99. The van der Waals surface area contributed by atoms with Gasteiger partial charge in [-0.15, -0.1) is 0 Å². The summed E-state index contributed by atoms with van der Waals surface area (Å²) in [6.07, 6.45) is 4.81. The second-order valence-electron chi connectivity index (χ2n) is 2.85. The number of nitrogens with one attached hydrogen (secondary N) is 1. The lowest BCUT2D eigenvalue weighted by Crippen LogP contribution is -2.32. The molecule has 0 fully saturated rings. The van der Waals surface area contributed by atoms with Gasteiger partial charge in [0.05, 0.1) is 6.33 Å². The van der Waals surface area contributed by atoms with Gasteiger partial charge in [0.15, 0.2) is 5.75 Å². The zero-order chi connectivity index (χ0) is 11.3. The summed E-state index contributed by atoms with van der Waals surface area (Å²) in [5.74, 6) is -2.28. The van der Waals surface area contributed by atoms with E-state index in [1.807, 2.05) is 0 Å². The van der Waals surface area contributed by atoms with Crippen LogP contribution in [0.15, 0.2) is 18.7 Å². The maximum absolute atomic E-state index is 11.1. The molecule has 0 saturated carbocycles. The van der Waals surface area contributed by atoms with Crippen molar-refractivity contribution < 1.29 is 18.3 Å². The maximum Gasteiger partial charge on any atom is 0.320 e. The van der Waals surface area contributed by atoms with Crippen LogP contribution in [0.2, 0.25) is 0 Å². The van der Waals surface area contributed by atoms with Gasteiger partial charge >= 0.3 is 5.97 Å². The van der Waals surface area contributed by atoms with Crippen LogP contribution in [-0.2, 0) is 21.4 Å². The number of imidazole rings is 1. The Morgan fingerprint density at radius 2 is 2.27 bits per heavy atom. The van der Waals surface area contributed by atoms with Gasteiger partial charge in [-0.2, -0.15) is 0 Å². The van der Waals surface area contributed by atoms with Crippen LogP contribution >= 0.6 is 0 Å². The largest absolute Gasteiger partial charge is 0.480 e. The minimum absolute atomic E-state index is 0.145. The number of aromatic nitrogens is 2. The Labute approximate surface area is 86.8 Å². The van der Waals surface area contributed by atoms with Crippen LogP contribution in [0.1, 0.15) is 0 Å². The van der Waals surface area contributed by atoms with E-state index in [1.54, 1.807) is 23.3 Å². The van der Waals surface area contributed by atoms with E-state index in [0.717, 1.165) is 0 Å². The molecule has 7 nitrogen and oxygen atoms in total. The number of rotatable bonds is 6. The van der Waals surface area contributed by atoms with Gasteiger partial charge in [-0.25, -0.2) is 18.1 Å². The number of hydrogen-bond acceptors (Lipinski definition) is 4. The Balaban J connectivity index is 2.34. The molecule has 0 spiro atoms. The second kappa shape index (κ2) is 4.89. The Morgan fingerprint density at radius 3 is 2.80 bits per heavy atom. The predicted molar refractivity (Wildman–Crippen MR) is 51.7 cm³/mol. The molecule has 1 aromatic rings. The van der Waals surface area contributed by atoms with Gasteiger partial charge in [-0.1, -0.05) is 0 Å². The van der Waals surface area contributed by atoms with Crippen LogP contribution < -0.4 is 4.72 Å². The molecule has 1 heterocycles. The molecule has 0 atom stereocenters. The summed E-state index contributed by atoms with van der Waals surface area (Å²) in [5, 5.41) is 8.30. The topological polar surface area (TPSA) is 101 Å². The maximum atomic E-state index is 11.1. The predicted octanol–water partition coefficient (Wildman–Crippen LogP) is -1.11. The molecule has 2 N–H and O–H groups in total. The van der Waals surface area contributed by atoms with Crippen LogP contribution in [0.4, 0.5) is 0 Å². The molecular formula is C7H11N3O4S. The molecule has 0 unspecified atom stereocenters. The van der Waals surface area contributed by atoms with E-state index in [4.69, 9.17) is 5.11 Å². The summed E-state index contributed by atoms with van der Waals surface area (Å²) in [4.78, 5) is 13.9. The van der Waals surface area contributed by atoms with E-state index >= 15 is 0 Å². The highest BCUT2D eigenvalue weighted by Gasteiger charge is 2.14. The van der Waals surface area contributed by atoms with Gasteiger partial charge in [-0.3, -0.25) is 4.79 Å². The molecule has 0 aliphatic rings. The first-order valence-corrected chi connectivity index (χ1v) is 5.80. The molecule has 15 heavy (non-hydrogen) atoms. The quantitative estimate of drug-likeness (QED) is 0.648. The van der Waals surface area contributed by atoms with Crippen molar-refractivity contribution in [2.24, 2.45) is 0 Å². The number of hydrogen-bond donors (Lipinski definition) is 2. The highest BCUT2D eigenvalue weighted by molar-refractivity contribution is 7.90. The van der Waals surface area contributed by atoms with Gasteiger partial charge in [0.2, 0.25) is 10.0 Å². The van der Waals surface area contributed by atoms with E-state index in [1.165, 1.54) is 0 Å². The molecule has 0 amide bonds. The average Bonchev–Trinajstić information content (AvgIpc) is 2.53. The van der Waals surface area contributed by atoms with Crippen LogP contribution in [0.3, 0.4) is 0 Å². The molecule has 0 aromatic carbocycles. The van der Waals surface area contributed by atoms with Gasteiger partial charge in [0, 0.05) is 25.5 Å². The van der Waals surface area contributed by atoms with Gasteiger partial charge < -0.3 is 9.67 Å². The van der Waals surface area contributed by atoms with Crippen molar-refractivity contribution in [3.63, 3.8) is 0 Å². The molecule has 0 radical (unpaired) electrons. The van der Waals surface area contributed by atoms with Crippen molar-refractivity contribution in [3.8, 4) is 0 Å². The monoisotopic (exact) mass is 233 g/mol. The summed E-state index contributed by atoms with van der Waals surface area (Å²) >= 11 is 0. The first-order valence-electron chi connectivity index (χ1n) is 4.14. The molecule has 1 rings (SSSR count). The van der Waals surface area contributed by atoms with Crippen molar-refractivity contribution in [3.05, 3.63) is 18.7 Å². The zero-order valence-electron chi connectivity index (χ0n) is 7.83. The summed E-state index contributed by atoms with van der Waals surface area (Å²) in [6, 6.07) is 0. The van der Waals surface area contributed by atoms with Crippen LogP contribution in [0, 0.1) is 0 Å². The fraction of sp³-hybridized carbons (Fsp3) is 0.429. The lowest BCUT2D eigenvalue weighted by molar-refractivity contribution is -0.134. The minimum atomic E-state index is -3.72. The van der Waals surface area contributed by atoms with E-state index < -0.39 is 21.7 Å². The standard InChI is InChI=1S/C7H11N3O4S/c11-7(12)5-15(13,14)9-2-4-10-3-1-8-6-10/h1,3,6,9H,2,4-5H2,(H,11,12). The van der Waals surface area contributed by atoms with E-state index in [9.17, 15) is 13.2 Å². The fourth-order valence-electron chi connectivity index (χ4n) is 0.963. The second-order valence-corrected chi connectivity index (χ2v) is 4.65. The van der Waals surface area contributed by atoms with E-state index in [-0.39, 0.29) is 6.54 Å². The van der Waals surface area contributed by atoms with E-state index in [0.29, 0.717) is 6.54 Å². The smallest absolute Gasteiger partial charge is 0.320 e. The number of nitrogens with zero attached hydrogens (tertiary/aromatic N) is 2. The van der Waals surface area contributed by atoms with Gasteiger partial charge in [-0.05, 0) is 0 Å². The summed E-state index contributed by atoms with van der Waals surface area (Å²) in [6.45, 7) is 0.560. The SMILES string of the molecule is O=C(O)CS(=O)(=O)NCCn1ccnc1. The molecule has 0 aliphatic heterocycles. The first kappa shape index (κ1) is 11.7. The molecule has 0 aliphatic carbocycles. The highest BCUT2D eigenvalue weighted by atomic mass is 32.2. The number of carboxylic acids is 1. The van der Waals surface area contributed by atoms with Crippen LogP contribution in [0.5, 0.6) is 0 Å². The van der Waals surface area contributed by atoms with Crippen LogP contribution in [0.25, 0.3) is 0 Å². The third kappa shape index (κ3) is 4.56. The summed E-state index contributed by atoms with van der Waals surface area (Å²) in [5.41, 5.74) is 0. The zero-order valence-corrected chi connectivity index (χ0v) is 8.64. The molecule has 8 heteroatoms. The molecule has 84 valence electrons. The van der Waals surface area contributed by atoms with Crippen molar-refractivity contribution >= 4 is 16.0 Å². The van der Waals surface area contributed by atoms with Crippen molar-refractivity contribution in [1.82, 2.24) is 14.3 Å².